The van der Waals surface area contributed by atoms with Crippen LogP contribution in [0.5, 0.6) is 0 Å². The average molecular weight is 311 g/mol. The molecule has 0 bridgehead atoms. The van der Waals surface area contributed by atoms with Crippen LogP contribution in [0.25, 0.3) is 0 Å². The third kappa shape index (κ3) is 3.82. The van der Waals surface area contributed by atoms with E-state index in [-0.39, 0.29) is 5.91 Å². The highest BCUT2D eigenvalue weighted by Gasteiger charge is 2.09. The van der Waals surface area contributed by atoms with Crippen molar-refractivity contribution in [2.75, 3.05) is 6.54 Å². The predicted octanol–water partition coefficient (Wildman–Crippen LogP) is 2.70. The highest BCUT2D eigenvalue weighted by Crippen LogP contribution is 2.21. The minimum atomic E-state index is -0.122. The Hall–Kier alpha value is -1.32. The maximum absolute atomic E-state index is 11.9. The molecule has 3 N–H and O–H groups in total. The molecule has 19 heavy (non-hydrogen) atoms. The fraction of sp³-hybridized carbons (Fsp3) is 0.154. The van der Waals surface area contributed by atoms with Crippen LogP contribution in [0.3, 0.4) is 0 Å². The lowest BCUT2D eigenvalue weighted by Gasteiger charge is -2.02. The minimum Gasteiger partial charge on any atom is -0.346 e. The summed E-state index contributed by atoms with van der Waals surface area (Å²) in [5.41, 5.74) is 6.26. The lowest BCUT2D eigenvalue weighted by atomic mass is 10.2. The van der Waals surface area contributed by atoms with Crippen molar-refractivity contribution in [3.63, 3.8) is 0 Å². The van der Waals surface area contributed by atoms with E-state index in [0.717, 1.165) is 10.4 Å². The van der Waals surface area contributed by atoms with Gasteiger partial charge in [-0.05, 0) is 23.6 Å². The van der Waals surface area contributed by atoms with Crippen molar-refractivity contribution < 1.29 is 4.79 Å². The van der Waals surface area contributed by atoms with Crippen molar-refractivity contribution in [1.82, 2.24) is 5.32 Å². The summed E-state index contributed by atoms with van der Waals surface area (Å²) in [6.45, 7) is 0.788. The Morgan fingerprint density at radius 3 is 2.95 bits per heavy atom. The number of nitrogens with one attached hydrogen (secondary N) is 1. The van der Waals surface area contributed by atoms with Crippen LogP contribution in [-0.4, -0.2) is 12.5 Å². The summed E-state index contributed by atoms with van der Waals surface area (Å²) in [6, 6.07) is 5.35. The van der Waals surface area contributed by atoms with Gasteiger partial charge in [0.25, 0.3) is 5.91 Å². The monoisotopic (exact) mass is 310 g/mol. The summed E-state index contributed by atoms with van der Waals surface area (Å²) in [5, 5.41) is 4.80. The maximum atomic E-state index is 11.9. The second-order valence-electron chi connectivity index (χ2n) is 3.55. The molecule has 2 aromatic heterocycles. The Bertz CT molecular complexity index is 636. The van der Waals surface area contributed by atoms with Crippen molar-refractivity contribution in [2.45, 2.75) is 6.54 Å². The second kappa shape index (κ2) is 6.73. The first-order valence-corrected chi connectivity index (χ1v) is 7.57. The number of thiophene rings is 2. The lowest BCUT2D eigenvalue weighted by Crippen LogP contribution is -2.21. The van der Waals surface area contributed by atoms with Crippen LogP contribution < -0.4 is 11.1 Å². The summed E-state index contributed by atoms with van der Waals surface area (Å²) in [5.74, 6) is 5.67. The predicted molar refractivity (Wildman–Crippen MR) is 80.8 cm³/mol. The van der Waals surface area contributed by atoms with E-state index in [1.54, 1.807) is 23.5 Å². The van der Waals surface area contributed by atoms with Crippen LogP contribution in [0.4, 0.5) is 0 Å². The molecule has 0 saturated carbocycles. The van der Waals surface area contributed by atoms with Crippen LogP contribution in [0.1, 0.15) is 20.1 Å². The quantitative estimate of drug-likeness (QED) is 0.856. The van der Waals surface area contributed by atoms with Crippen molar-refractivity contribution in [1.29, 1.82) is 0 Å². The van der Waals surface area contributed by atoms with Gasteiger partial charge < -0.3 is 11.1 Å². The van der Waals surface area contributed by atoms with Crippen molar-refractivity contribution in [3.8, 4) is 11.8 Å². The molecular weight excluding hydrogens is 300 g/mol. The van der Waals surface area contributed by atoms with Crippen LogP contribution >= 0.6 is 34.3 Å². The first-order chi connectivity index (χ1) is 9.20. The molecule has 1 amide bonds. The van der Waals surface area contributed by atoms with Crippen LogP contribution in [0.2, 0.25) is 4.34 Å². The van der Waals surface area contributed by atoms with Gasteiger partial charge in [-0.1, -0.05) is 23.4 Å². The number of carbonyl (C=O) groups excluding carboxylic acids is 1. The smallest absolute Gasteiger partial charge is 0.261 e. The Morgan fingerprint density at radius 2 is 2.26 bits per heavy atom. The SMILES string of the molecule is NCC#Cc1ccsc1CNC(=O)c1ccc(Cl)s1. The number of carbonyl (C=O) groups is 1. The third-order valence-electron chi connectivity index (χ3n) is 2.28. The molecule has 0 spiro atoms. The Balaban J connectivity index is 1.99. The van der Waals surface area contributed by atoms with E-state index >= 15 is 0 Å². The van der Waals surface area contributed by atoms with Gasteiger partial charge in [-0.25, -0.2) is 0 Å². The minimum absolute atomic E-state index is 0.122. The molecule has 3 nitrogen and oxygen atoms in total. The van der Waals surface area contributed by atoms with Crippen LogP contribution in [0.15, 0.2) is 23.6 Å². The van der Waals surface area contributed by atoms with Gasteiger partial charge in [0, 0.05) is 10.4 Å². The van der Waals surface area contributed by atoms with E-state index < -0.39 is 0 Å². The Labute approximate surface area is 124 Å². The molecule has 0 saturated heterocycles. The van der Waals surface area contributed by atoms with E-state index in [2.05, 4.69) is 17.2 Å². The van der Waals surface area contributed by atoms with Gasteiger partial charge in [0.1, 0.15) is 0 Å². The zero-order valence-corrected chi connectivity index (χ0v) is 12.3. The number of halogens is 1. The van der Waals surface area contributed by atoms with Crippen molar-refractivity contribution >= 4 is 40.2 Å². The Kier molecular flexibility index (Phi) is 5.00. The van der Waals surface area contributed by atoms with Crippen LogP contribution in [0, 0.1) is 11.8 Å². The molecule has 0 aromatic carbocycles. The molecule has 0 fully saturated rings. The number of nitrogens with two attached hydrogens (primary N) is 1. The topological polar surface area (TPSA) is 55.1 Å². The van der Waals surface area contributed by atoms with Gasteiger partial charge in [-0.3, -0.25) is 4.79 Å². The molecule has 0 unspecified atom stereocenters. The number of rotatable bonds is 3. The molecule has 2 aromatic rings. The fourth-order valence-corrected chi connectivity index (χ4v) is 3.15. The van der Waals surface area contributed by atoms with Gasteiger partial charge in [-0.2, -0.15) is 0 Å². The van der Waals surface area contributed by atoms with Gasteiger partial charge in [0.2, 0.25) is 0 Å². The largest absolute Gasteiger partial charge is 0.346 e. The molecule has 98 valence electrons. The first kappa shape index (κ1) is 14.1. The van der Waals surface area contributed by atoms with E-state index in [0.29, 0.717) is 22.3 Å². The summed E-state index contributed by atoms with van der Waals surface area (Å²) in [6.07, 6.45) is 0. The van der Waals surface area contributed by atoms with Gasteiger partial charge in [-0.15, -0.1) is 22.7 Å². The molecule has 0 atom stereocenters. The molecule has 0 aliphatic rings. The number of hydrogen-bond acceptors (Lipinski definition) is 4. The molecule has 0 aliphatic heterocycles. The fourth-order valence-electron chi connectivity index (χ4n) is 1.42. The van der Waals surface area contributed by atoms with E-state index in [1.165, 1.54) is 11.3 Å². The normalized spacial score (nSPS) is 9.79. The standard InChI is InChI=1S/C13H11ClN2OS2/c14-12-4-3-10(19-12)13(17)16-8-11-9(2-1-6-15)5-7-18-11/h3-5,7H,6,8,15H2,(H,16,17). The van der Waals surface area contributed by atoms with E-state index in [4.69, 9.17) is 17.3 Å². The van der Waals surface area contributed by atoms with E-state index in [9.17, 15) is 4.79 Å². The van der Waals surface area contributed by atoms with Crippen molar-refractivity contribution in [2.24, 2.45) is 5.73 Å². The highest BCUT2D eigenvalue weighted by molar-refractivity contribution is 7.18. The summed E-state index contributed by atoms with van der Waals surface area (Å²) < 4.78 is 0.607. The summed E-state index contributed by atoms with van der Waals surface area (Å²) >= 11 is 8.62. The first-order valence-electron chi connectivity index (χ1n) is 5.49. The zero-order valence-electron chi connectivity index (χ0n) is 9.90. The molecule has 0 radical (unpaired) electrons. The maximum Gasteiger partial charge on any atom is 0.261 e. The van der Waals surface area contributed by atoms with Gasteiger partial charge in [0.05, 0.1) is 22.3 Å². The van der Waals surface area contributed by atoms with Crippen LogP contribution in [-0.2, 0) is 6.54 Å². The third-order valence-corrected chi connectivity index (χ3v) is 4.43. The number of amides is 1. The molecule has 6 heteroatoms. The lowest BCUT2D eigenvalue weighted by molar-refractivity contribution is 0.0955. The van der Waals surface area contributed by atoms with E-state index in [1.807, 2.05) is 11.4 Å². The highest BCUT2D eigenvalue weighted by atomic mass is 35.5. The molecule has 2 heterocycles. The average Bonchev–Trinajstić information content (AvgIpc) is 3.02. The summed E-state index contributed by atoms with van der Waals surface area (Å²) in [7, 11) is 0. The van der Waals surface area contributed by atoms with Crippen molar-refractivity contribution in [3.05, 3.63) is 43.2 Å². The molecular formula is C13H11ClN2OS2. The molecule has 0 aliphatic carbocycles. The number of hydrogen-bond donors (Lipinski definition) is 2. The summed E-state index contributed by atoms with van der Waals surface area (Å²) in [4.78, 5) is 13.5. The van der Waals surface area contributed by atoms with Gasteiger partial charge in [0.15, 0.2) is 0 Å². The zero-order chi connectivity index (χ0) is 13.7. The second-order valence-corrected chi connectivity index (χ2v) is 6.27. The molecule has 2 rings (SSSR count). The Morgan fingerprint density at radius 1 is 1.42 bits per heavy atom. The van der Waals surface area contributed by atoms with Gasteiger partial charge >= 0.3 is 0 Å².